The molecule has 1 atom stereocenters. The summed E-state index contributed by atoms with van der Waals surface area (Å²) in [5, 5.41) is 3.96. The normalized spacial score (nSPS) is 12.7. The Morgan fingerprint density at radius 3 is 2.94 bits per heavy atom. The third-order valence-electron chi connectivity index (χ3n) is 2.24. The molecular weight excluding hydrogens is 288 g/mol. The van der Waals surface area contributed by atoms with Gasteiger partial charge in [0.05, 0.1) is 10.6 Å². The van der Waals surface area contributed by atoms with Crippen molar-refractivity contribution in [3.63, 3.8) is 0 Å². The van der Waals surface area contributed by atoms with Crippen molar-refractivity contribution in [2.24, 2.45) is 5.73 Å². The Hall–Kier alpha value is -0.850. The van der Waals surface area contributed by atoms with E-state index in [0.29, 0.717) is 0 Å². The molecule has 0 saturated carbocycles. The summed E-state index contributed by atoms with van der Waals surface area (Å²) >= 11 is 4.75. The number of hydrogen-bond donors (Lipinski definition) is 1. The lowest BCUT2D eigenvalue weighted by Crippen LogP contribution is -2.13. The van der Waals surface area contributed by atoms with Crippen molar-refractivity contribution in [3.8, 4) is 0 Å². The topological polar surface area (TPSA) is 64.7 Å². The molecule has 0 radical (unpaired) electrons. The van der Waals surface area contributed by atoms with E-state index in [9.17, 15) is 0 Å². The van der Waals surface area contributed by atoms with E-state index >= 15 is 0 Å². The van der Waals surface area contributed by atoms with Crippen LogP contribution in [-0.4, -0.2) is 14.6 Å². The third kappa shape index (κ3) is 2.63. The van der Waals surface area contributed by atoms with Crippen LogP contribution in [0.5, 0.6) is 0 Å². The van der Waals surface area contributed by atoms with Crippen LogP contribution < -0.4 is 5.73 Å². The molecule has 16 heavy (non-hydrogen) atoms. The molecule has 0 aliphatic rings. The first kappa shape index (κ1) is 11.6. The predicted molar refractivity (Wildman–Crippen MR) is 67.2 cm³/mol. The van der Waals surface area contributed by atoms with E-state index in [4.69, 9.17) is 5.73 Å². The summed E-state index contributed by atoms with van der Waals surface area (Å²) in [7, 11) is 0. The first-order chi connectivity index (χ1) is 7.66. The van der Waals surface area contributed by atoms with Gasteiger partial charge in [-0.25, -0.2) is 0 Å². The fraction of sp³-hybridized carbons (Fsp3) is 0.300. The lowest BCUT2D eigenvalue weighted by atomic mass is 10.1. The molecule has 6 heteroatoms. The Morgan fingerprint density at radius 1 is 1.50 bits per heavy atom. The molecule has 2 aromatic rings. The highest BCUT2D eigenvalue weighted by atomic mass is 79.9. The Morgan fingerprint density at radius 2 is 2.31 bits per heavy atom. The molecule has 2 rings (SSSR count). The molecule has 0 aliphatic heterocycles. The first-order valence-electron chi connectivity index (χ1n) is 4.80. The highest BCUT2D eigenvalue weighted by Crippen LogP contribution is 2.22. The molecule has 0 bridgehead atoms. The summed E-state index contributed by atoms with van der Waals surface area (Å²) in [6.45, 7) is 1.93. The second-order valence-corrected chi connectivity index (χ2v) is 5.25. The van der Waals surface area contributed by atoms with Gasteiger partial charge in [-0.3, -0.25) is 4.98 Å². The van der Waals surface area contributed by atoms with Crippen molar-refractivity contribution < 1.29 is 0 Å². The fourth-order valence-corrected chi connectivity index (χ4v) is 2.55. The van der Waals surface area contributed by atoms with Gasteiger partial charge >= 0.3 is 0 Å². The predicted octanol–water partition coefficient (Wildman–Crippen LogP) is 2.25. The van der Waals surface area contributed by atoms with Gasteiger partial charge in [0.25, 0.3) is 0 Å². The first-order valence-corrected chi connectivity index (χ1v) is 6.37. The van der Waals surface area contributed by atoms with Gasteiger partial charge in [0.1, 0.15) is 0 Å². The summed E-state index contributed by atoms with van der Waals surface area (Å²) < 4.78 is 4.86. The average molecular weight is 299 g/mol. The Balaban J connectivity index is 2.14. The van der Waals surface area contributed by atoms with Crippen molar-refractivity contribution in [2.75, 3.05) is 0 Å². The van der Waals surface area contributed by atoms with Crippen LogP contribution in [-0.2, 0) is 6.42 Å². The maximum atomic E-state index is 6.11. The number of nitrogens with zero attached hydrogens (tertiary/aromatic N) is 3. The van der Waals surface area contributed by atoms with Crippen molar-refractivity contribution >= 4 is 27.5 Å². The number of halogens is 1. The van der Waals surface area contributed by atoms with E-state index in [0.717, 1.165) is 27.0 Å². The van der Waals surface area contributed by atoms with Crippen LogP contribution in [0.3, 0.4) is 0 Å². The lowest BCUT2D eigenvalue weighted by molar-refractivity contribution is 0.725. The highest BCUT2D eigenvalue weighted by molar-refractivity contribution is 9.10. The van der Waals surface area contributed by atoms with Crippen LogP contribution in [0, 0.1) is 6.92 Å². The molecule has 4 nitrogen and oxygen atoms in total. The number of nitrogens with two attached hydrogens (primary N) is 1. The van der Waals surface area contributed by atoms with Gasteiger partial charge in [0, 0.05) is 22.9 Å². The maximum Gasteiger partial charge on any atom is 0.0772 e. The summed E-state index contributed by atoms with van der Waals surface area (Å²) in [6, 6.07) is 1.97. The van der Waals surface area contributed by atoms with Gasteiger partial charge in [0.15, 0.2) is 0 Å². The van der Waals surface area contributed by atoms with E-state index in [1.54, 1.807) is 6.20 Å². The monoisotopic (exact) mass is 298 g/mol. The fourth-order valence-electron chi connectivity index (χ4n) is 1.49. The zero-order valence-electron chi connectivity index (χ0n) is 8.72. The molecule has 2 N–H and O–H groups in total. The highest BCUT2D eigenvalue weighted by Gasteiger charge is 2.13. The van der Waals surface area contributed by atoms with Crippen molar-refractivity contribution in [1.29, 1.82) is 0 Å². The minimum Gasteiger partial charge on any atom is -0.323 e. The Bertz CT molecular complexity index is 485. The quantitative estimate of drug-likeness (QED) is 0.944. The van der Waals surface area contributed by atoms with E-state index in [-0.39, 0.29) is 6.04 Å². The number of aryl methyl sites for hydroxylation is 1. The van der Waals surface area contributed by atoms with Crippen LogP contribution in [0.4, 0.5) is 0 Å². The lowest BCUT2D eigenvalue weighted by Gasteiger charge is -2.09. The SMILES string of the molecule is Cc1nnsc1C(N)Cc1cncc(Br)c1. The van der Waals surface area contributed by atoms with Crippen LogP contribution in [0.1, 0.15) is 22.2 Å². The molecule has 84 valence electrons. The second kappa shape index (κ2) is 4.99. The standard InChI is InChI=1S/C10H11BrN4S/c1-6-10(16-15-14-6)9(12)3-7-2-8(11)5-13-4-7/h2,4-5,9H,3,12H2,1H3. The van der Waals surface area contributed by atoms with E-state index in [2.05, 4.69) is 30.5 Å². The second-order valence-electron chi connectivity index (χ2n) is 3.54. The van der Waals surface area contributed by atoms with Crippen molar-refractivity contribution in [1.82, 2.24) is 14.6 Å². The smallest absolute Gasteiger partial charge is 0.0772 e. The van der Waals surface area contributed by atoms with Crippen molar-refractivity contribution in [3.05, 3.63) is 39.1 Å². The molecule has 0 aliphatic carbocycles. The average Bonchev–Trinajstić information content (AvgIpc) is 2.64. The largest absolute Gasteiger partial charge is 0.323 e. The summed E-state index contributed by atoms with van der Waals surface area (Å²) in [6.07, 6.45) is 4.33. The summed E-state index contributed by atoms with van der Waals surface area (Å²) in [5.41, 5.74) is 8.13. The Kier molecular flexibility index (Phi) is 3.63. The van der Waals surface area contributed by atoms with Gasteiger partial charge in [-0.15, -0.1) is 5.10 Å². The van der Waals surface area contributed by atoms with Crippen LogP contribution >= 0.6 is 27.5 Å². The van der Waals surface area contributed by atoms with Crippen LogP contribution in [0.2, 0.25) is 0 Å². The van der Waals surface area contributed by atoms with Crippen molar-refractivity contribution in [2.45, 2.75) is 19.4 Å². The zero-order chi connectivity index (χ0) is 11.5. The van der Waals surface area contributed by atoms with Crippen LogP contribution in [0.25, 0.3) is 0 Å². The van der Waals surface area contributed by atoms with Gasteiger partial charge < -0.3 is 5.73 Å². The third-order valence-corrected chi connectivity index (χ3v) is 3.63. The molecule has 0 fully saturated rings. The van der Waals surface area contributed by atoms with Gasteiger partial charge in [-0.05, 0) is 52.4 Å². The van der Waals surface area contributed by atoms with E-state index < -0.39 is 0 Å². The molecule has 1 unspecified atom stereocenters. The number of rotatable bonds is 3. The van der Waals surface area contributed by atoms with E-state index in [1.807, 2.05) is 19.2 Å². The molecule has 2 aromatic heterocycles. The Labute approximate surface area is 106 Å². The number of aromatic nitrogens is 3. The van der Waals surface area contributed by atoms with E-state index in [1.165, 1.54) is 11.5 Å². The van der Waals surface area contributed by atoms with Crippen LogP contribution in [0.15, 0.2) is 22.9 Å². The molecular formula is C10H11BrN4S. The minimum absolute atomic E-state index is 0.0592. The molecule has 0 amide bonds. The molecule has 0 aromatic carbocycles. The maximum absolute atomic E-state index is 6.11. The minimum atomic E-state index is -0.0592. The van der Waals surface area contributed by atoms with Gasteiger partial charge in [-0.1, -0.05) is 4.49 Å². The molecule has 2 heterocycles. The zero-order valence-corrected chi connectivity index (χ0v) is 11.1. The van der Waals surface area contributed by atoms with Gasteiger partial charge in [0.2, 0.25) is 0 Å². The summed E-state index contributed by atoms with van der Waals surface area (Å²) in [5.74, 6) is 0. The molecule has 0 saturated heterocycles. The number of pyridine rings is 1. The summed E-state index contributed by atoms with van der Waals surface area (Å²) in [4.78, 5) is 5.15. The molecule has 0 spiro atoms. The number of hydrogen-bond acceptors (Lipinski definition) is 5. The van der Waals surface area contributed by atoms with Gasteiger partial charge in [-0.2, -0.15) is 0 Å².